The molecule has 1 aromatic rings. The third-order valence-corrected chi connectivity index (χ3v) is 3.78. The zero-order chi connectivity index (χ0) is 13.0. The van der Waals surface area contributed by atoms with Crippen molar-refractivity contribution >= 4 is 11.6 Å². The molecule has 0 amide bonds. The maximum Gasteiger partial charge on any atom is 0.159 e. The van der Waals surface area contributed by atoms with Crippen LogP contribution in [-0.2, 0) is 6.54 Å². The van der Waals surface area contributed by atoms with Crippen molar-refractivity contribution < 1.29 is 8.78 Å². The van der Waals surface area contributed by atoms with Gasteiger partial charge in [0.25, 0.3) is 0 Å². The summed E-state index contributed by atoms with van der Waals surface area (Å²) in [4.78, 5) is 2.33. The number of halogens is 3. The number of piperidine rings is 1. The van der Waals surface area contributed by atoms with Gasteiger partial charge in [0.15, 0.2) is 11.6 Å². The number of hydrogen-bond donors (Lipinski definition) is 0. The first kappa shape index (κ1) is 13.8. The molecule has 1 unspecified atom stereocenters. The third-order valence-electron chi connectivity index (χ3n) is 3.56. The summed E-state index contributed by atoms with van der Waals surface area (Å²) in [6.07, 6.45) is 4.51. The highest BCUT2D eigenvalue weighted by atomic mass is 35.5. The lowest BCUT2D eigenvalue weighted by Crippen LogP contribution is -2.39. The smallest absolute Gasteiger partial charge is 0.159 e. The zero-order valence-electron chi connectivity index (χ0n) is 10.3. The minimum absolute atomic E-state index is 0.476. The summed E-state index contributed by atoms with van der Waals surface area (Å²) in [6.45, 7) is 1.69. The highest BCUT2D eigenvalue weighted by Gasteiger charge is 2.21. The van der Waals surface area contributed by atoms with Crippen molar-refractivity contribution in [2.45, 2.75) is 38.3 Å². The fourth-order valence-electron chi connectivity index (χ4n) is 2.59. The lowest BCUT2D eigenvalue weighted by atomic mass is 9.99. The van der Waals surface area contributed by atoms with Crippen LogP contribution in [0.3, 0.4) is 0 Å². The second-order valence-electron chi connectivity index (χ2n) is 4.85. The van der Waals surface area contributed by atoms with Crippen LogP contribution in [0, 0.1) is 11.6 Å². The SMILES string of the molecule is Fc1ccc(CN2CCCCC2CCCl)cc1F. The quantitative estimate of drug-likeness (QED) is 0.751. The molecule has 1 aliphatic rings. The average Bonchev–Trinajstić information content (AvgIpc) is 2.37. The second kappa shape index (κ2) is 6.48. The number of likely N-dealkylation sites (tertiary alicyclic amines) is 1. The van der Waals surface area contributed by atoms with Gasteiger partial charge in [-0.2, -0.15) is 0 Å². The number of rotatable bonds is 4. The third kappa shape index (κ3) is 3.42. The molecule has 0 aliphatic carbocycles. The predicted octanol–water partition coefficient (Wildman–Crippen LogP) is 3.95. The Balaban J connectivity index is 2.03. The van der Waals surface area contributed by atoms with E-state index in [1.54, 1.807) is 6.07 Å². The number of hydrogen-bond acceptors (Lipinski definition) is 1. The van der Waals surface area contributed by atoms with E-state index in [1.807, 2.05) is 0 Å². The second-order valence-corrected chi connectivity index (χ2v) is 5.22. The van der Waals surface area contributed by atoms with Crippen molar-refractivity contribution in [1.82, 2.24) is 4.90 Å². The van der Waals surface area contributed by atoms with Crippen LogP contribution in [0.5, 0.6) is 0 Å². The molecule has 0 saturated carbocycles. The van der Waals surface area contributed by atoms with Crippen LogP contribution in [0.2, 0.25) is 0 Å². The number of nitrogens with zero attached hydrogens (tertiary/aromatic N) is 1. The number of benzene rings is 1. The Kier molecular flexibility index (Phi) is 4.95. The van der Waals surface area contributed by atoms with Crippen molar-refractivity contribution in [3.05, 3.63) is 35.4 Å². The molecule has 18 heavy (non-hydrogen) atoms. The molecule has 1 fully saturated rings. The van der Waals surface area contributed by atoms with Crippen LogP contribution in [0.4, 0.5) is 8.78 Å². The van der Waals surface area contributed by atoms with Gasteiger partial charge in [-0.15, -0.1) is 11.6 Å². The largest absolute Gasteiger partial charge is 0.296 e. The summed E-state index contributed by atoms with van der Waals surface area (Å²) in [6, 6.07) is 4.63. The Morgan fingerprint density at radius 1 is 1.22 bits per heavy atom. The van der Waals surface area contributed by atoms with Crippen LogP contribution in [0.25, 0.3) is 0 Å². The van der Waals surface area contributed by atoms with E-state index in [9.17, 15) is 8.78 Å². The first-order valence-corrected chi connectivity index (χ1v) is 6.98. The van der Waals surface area contributed by atoms with E-state index in [0.717, 1.165) is 24.9 Å². The lowest BCUT2D eigenvalue weighted by molar-refractivity contribution is 0.136. The Labute approximate surface area is 112 Å². The molecule has 1 aliphatic heterocycles. The van der Waals surface area contributed by atoms with Crippen LogP contribution in [0.15, 0.2) is 18.2 Å². The van der Waals surface area contributed by atoms with E-state index < -0.39 is 11.6 Å². The van der Waals surface area contributed by atoms with E-state index in [0.29, 0.717) is 18.5 Å². The van der Waals surface area contributed by atoms with E-state index >= 15 is 0 Å². The summed E-state index contributed by atoms with van der Waals surface area (Å²) in [5.41, 5.74) is 0.829. The Bertz CT molecular complexity index is 395. The predicted molar refractivity (Wildman–Crippen MR) is 69.7 cm³/mol. The first-order chi connectivity index (χ1) is 8.70. The maximum atomic E-state index is 13.2. The van der Waals surface area contributed by atoms with Gasteiger partial charge in [-0.3, -0.25) is 4.90 Å². The van der Waals surface area contributed by atoms with Gasteiger partial charge in [0.05, 0.1) is 0 Å². The minimum atomic E-state index is -0.783. The summed E-state index contributed by atoms with van der Waals surface area (Å²) in [5, 5.41) is 0. The van der Waals surface area contributed by atoms with Crippen LogP contribution in [-0.4, -0.2) is 23.4 Å². The molecule has 2 rings (SSSR count). The van der Waals surface area contributed by atoms with E-state index in [-0.39, 0.29) is 0 Å². The van der Waals surface area contributed by atoms with E-state index in [2.05, 4.69) is 4.90 Å². The van der Waals surface area contributed by atoms with Crippen molar-refractivity contribution in [1.29, 1.82) is 0 Å². The summed E-state index contributed by atoms with van der Waals surface area (Å²) < 4.78 is 26.0. The lowest BCUT2D eigenvalue weighted by Gasteiger charge is -2.35. The molecule has 0 N–H and O–H groups in total. The van der Waals surface area contributed by atoms with Crippen molar-refractivity contribution in [3.8, 4) is 0 Å². The van der Waals surface area contributed by atoms with Gasteiger partial charge in [0.1, 0.15) is 0 Å². The molecule has 1 aromatic carbocycles. The molecule has 1 heterocycles. The van der Waals surface area contributed by atoms with Gasteiger partial charge < -0.3 is 0 Å². The normalized spacial score (nSPS) is 21.2. The molecule has 0 aromatic heterocycles. The van der Waals surface area contributed by atoms with Gasteiger partial charge in [-0.25, -0.2) is 8.78 Å². The minimum Gasteiger partial charge on any atom is -0.296 e. The van der Waals surface area contributed by atoms with E-state index in [1.165, 1.54) is 25.0 Å². The van der Waals surface area contributed by atoms with Gasteiger partial charge in [0, 0.05) is 18.5 Å². The first-order valence-electron chi connectivity index (χ1n) is 6.44. The summed E-state index contributed by atoms with van der Waals surface area (Å²) in [7, 11) is 0. The topological polar surface area (TPSA) is 3.24 Å². The van der Waals surface area contributed by atoms with Gasteiger partial charge in [-0.1, -0.05) is 12.5 Å². The highest BCUT2D eigenvalue weighted by molar-refractivity contribution is 6.17. The van der Waals surface area contributed by atoms with Crippen molar-refractivity contribution in [3.63, 3.8) is 0 Å². The molecule has 100 valence electrons. The van der Waals surface area contributed by atoms with Gasteiger partial charge >= 0.3 is 0 Å². The van der Waals surface area contributed by atoms with Crippen molar-refractivity contribution in [2.75, 3.05) is 12.4 Å². The summed E-state index contributed by atoms with van der Waals surface area (Å²) in [5.74, 6) is -0.896. The highest BCUT2D eigenvalue weighted by Crippen LogP contribution is 2.22. The Morgan fingerprint density at radius 3 is 2.78 bits per heavy atom. The van der Waals surface area contributed by atoms with Crippen LogP contribution in [0.1, 0.15) is 31.2 Å². The molecule has 0 bridgehead atoms. The standard InChI is InChI=1S/C14H18ClF2N/c15-7-6-12-3-1-2-8-18(12)10-11-4-5-13(16)14(17)9-11/h4-5,9,12H,1-3,6-8,10H2. The Hall–Kier alpha value is -0.670. The van der Waals surface area contributed by atoms with E-state index in [4.69, 9.17) is 11.6 Å². The Morgan fingerprint density at radius 2 is 2.06 bits per heavy atom. The molecule has 1 nitrogen and oxygen atoms in total. The summed E-state index contributed by atoms with van der Waals surface area (Å²) >= 11 is 5.81. The fourth-order valence-corrected chi connectivity index (χ4v) is 2.85. The molecule has 1 atom stereocenters. The molecular weight excluding hydrogens is 256 g/mol. The fraction of sp³-hybridized carbons (Fsp3) is 0.571. The molecule has 0 spiro atoms. The van der Waals surface area contributed by atoms with Crippen LogP contribution >= 0.6 is 11.6 Å². The van der Waals surface area contributed by atoms with Gasteiger partial charge in [-0.05, 0) is 43.5 Å². The van der Waals surface area contributed by atoms with Crippen LogP contribution < -0.4 is 0 Å². The monoisotopic (exact) mass is 273 g/mol. The van der Waals surface area contributed by atoms with Gasteiger partial charge in [0.2, 0.25) is 0 Å². The molecular formula is C14H18ClF2N. The molecule has 4 heteroatoms. The maximum absolute atomic E-state index is 13.2. The average molecular weight is 274 g/mol. The zero-order valence-corrected chi connectivity index (χ0v) is 11.1. The van der Waals surface area contributed by atoms with Crippen molar-refractivity contribution in [2.24, 2.45) is 0 Å². The molecule has 1 saturated heterocycles. The molecule has 0 radical (unpaired) electrons. The number of alkyl halides is 1.